The summed E-state index contributed by atoms with van der Waals surface area (Å²) in [6.45, 7) is 0. The number of methoxy groups -OCH3 is 1. The Balaban J connectivity index is 2.22. The van der Waals surface area contributed by atoms with Gasteiger partial charge >= 0.3 is 0 Å². The van der Waals surface area contributed by atoms with Crippen molar-refractivity contribution in [3.05, 3.63) is 65.7 Å². The molecule has 124 valence electrons. The van der Waals surface area contributed by atoms with Gasteiger partial charge in [-0.05, 0) is 48.5 Å². The number of hydrogen-bond donors (Lipinski definition) is 1. The van der Waals surface area contributed by atoms with E-state index in [9.17, 15) is 14.0 Å². The van der Waals surface area contributed by atoms with E-state index in [1.54, 1.807) is 31.4 Å². The molecule has 0 fully saturated rings. The van der Waals surface area contributed by atoms with Crippen LogP contribution in [0, 0.1) is 23.0 Å². The van der Waals surface area contributed by atoms with Crippen molar-refractivity contribution in [1.29, 1.82) is 5.26 Å². The van der Waals surface area contributed by atoms with Crippen molar-refractivity contribution in [1.82, 2.24) is 4.98 Å². The highest BCUT2D eigenvalue weighted by Crippen LogP contribution is 2.33. The molecule has 2 N–H and O–H groups in total. The molecular weight excluding hydrogens is 324 g/mol. The second kappa shape index (κ2) is 6.57. The predicted molar refractivity (Wildman–Crippen MR) is 90.7 cm³/mol. The van der Waals surface area contributed by atoms with E-state index in [1.165, 1.54) is 6.07 Å². The number of nitrogen functional groups attached to an aromatic ring is 1. The fourth-order valence-electron chi connectivity index (χ4n) is 2.51. The zero-order valence-corrected chi connectivity index (χ0v) is 13.3. The fraction of sp³-hybridized carbons (Fsp3) is 0.0526. The number of pyridine rings is 1. The first-order valence-electron chi connectivity index (χ1n) is 7.34. The Morgan fingerprint density at radius 2 is 1.76 bits per heavy atom. The van der Waals surface area contributed by atoms with Crippen LogP contribution in [0.4, 0.5) is 14.6 Å². The molecule has 1 heterocycles. The van der Waals surface area contributed by atoms with Gasteiger partial charge in [-0.25, -0.2) is 13.8 Å². The molecule has 0 atom stereocenters. The highest BCUT2D eigenvalue weighted by Gasteiger charge is 2.17. The van der Waals surface area contributed by atoms with Gasteiger partial charge < -0.3 is 10.5 Å². The van der Waals surface area contributed by atoms with Crippen LogP contribution in [-0.2, 0) is 0 Å². The van der Waals surface area contributed by atoms with Crippen molar-refractivity contribution < 1.29 is 13.5 Å². The van der Waals surface area contributed by atoms with E-state index >= 15 is 0 Å². The Bertz CT molecular complexity index is 979. The molecule has 0 aliphatic heterocycles. The number of benzene rings is 2. The molecule has 4 nitrogen and oxygen atoms in total. The minimum Gasteiger partial charge on any atom is -0.497 e. The quantitative estimate of drug-likeness (QED) is 0.779. The van der Waals surface area contributed by atoms with Gasteiger partial charge in [0.15, 0.2) is 0 Å². The number of ether oxygens (including phenoxy) is 1. The van der Waals surface area contributed by atoms with Gasteiger partial charge in [0.2, 0.25) is 0 Å². The Kier molecular flexibility index (Phi) is 4.31. The molecule has 0 amide bonds. The smallest absolute Gasteiger partial charge is 0.142 e. The molecular formula is C19H13F2N3O. The number of nitrogens with two attached hydrogens (primary N) is 1. The molecule has 0 aliphatic rings. The van der Waals surface area contributed by atoms with E-state index in [2.05, 4.69) is 4.98 Å². The number of rotatable bonds is 3. The van der Waals surface area contributed by atoms with Crippen molar-refractivity contribution in [3.8, 4) is 34.2 Å². The molecule has 2 aromatic carbocycles. The lowest BCUT2D eigenvalue weighted by molar-refractivity contribution is 0.415. The van der Waals surface area contributed by atoms with Crippen LogP contribution in [0.15, 0.2) is 48.5 Å². The van der Waals surface area contributed by atoms with Gasteiger partial charge in [0.1, 0.15) is 34.8 Å². The van der Waals surface area contributed by atoms with E-state index in [4.69, 9.17) is 10.5 Å². The minimum absolute atomic E-state index is 0.00163. The number of nitriles is 1. The molecule has 0 bridgehead atoms. The summed E-state index contributed by atoms with van der Waals surface area (Å²) in [7, 11) is 1.55. The van der Waals surface area contributed by atoms with Crippen molar-refractivity contribution in [2.45, 2.75) is 0 Å². The van der Waals surface area contributed by atoms with E-state index in [0.717, 1.165) is 18.2 Å². The third-order valence-corrected chi connectivity index (χ3v) is 3.76. The number of halogens is 2. The van der Waals surface area contributed by atoms with Crippen LogP contribution < -0.4 is 10.5 Å². The second-order valence-electron chi connectivity index (χ2n) is 5.28. The zero-order valence-electron chi connectivity index (χ0n) is 13.3. The Morgan fingerprint density at radius 1 is 1.04 bits per heavy atom. The number of nitrogens with zero attached hydrogens (tertiary/aromatic N) is 2. The topological polar surface area (TPSA) is 71.9 Å². The Labute approximate surface area is 143 Å². The third-order valence-electron chi connectivity index (χ3n) is 3.76. The summed E-state index contributed by atoms with van der Waals surface area (Å²) in [4.78, 5) is 4.21. The summed E-state index contributed by atoms with van der Waals surface area (Å²) in [6.07, 6.45) is 0. The molecule has 6 heteroatoms. The fourth-order valence-corrected chi connectivity index (χ4v) is 2.51. The zero-order chi connectivity index (χ0) is 18.0. The lowest BCUT2D eigenvalue weighted by Gasteiger charge is -2.11. The summed E-state index contributed by atoms with van der Waals surface area (Å²) in [6, 6.07) is 13.5. The van der Waals surface area contributed by atoms with Gasteiger partial charge in [-0.2, -0.15) is 5.26 Å². The first-order chi connectivity index (χ1) is 12.0. The van der Waals surface area contributed by atoms with Crippen molar-refractivity contribution >= 4 is 5.82 Å². The van der Waals surface area contributed by atoms with Crippen LogP contribution in [0.1, 0.15) is 5.56 Å². The van der Waals surface area contributed by atoms with Crippen molar-refractivity contribution in [3.63, 3.8) is 0 Å². The van der Waals surface area contributed by atoms with Crippen LogP contribution in [0.2, 0.25) is 0 Å². The van der Waals surface area contributed by atoms with Crippen LogP contribution in [-0.4, -0.2) is 12.1 Å². The Hall–Kier alpha value is -3.46. The molecule has 0 saturated heterocycles. The molecule has 25 heavy (non-hydrogen) atoms. The molecule has 0 radical (unpaired) electrons. The first-order valence-corrected chi connectivity index (χ1v) is 7.34. The lowest BCUT2D eigenvalue weighted by Crippen LogP contribution is -2.01. The predicted octanol–water partition coefficient (Wildman–Crippen LogP) is 4.16. The normalized spacial score (nSPS) is 10.3. The maximum Gasteiger partial charge on any atom is 0.142 e. The third kappa shape index (κ3) is 3.12. The number of aromatic nitrogens is 1. The van der Waals surface area contributed by atoms with E-state index in [1.807, 2.05) is 6.07 Å². The van der Waals surface area contributed by atoms with Crippen LogP contribution in [0.5, 0.6) is 5.75 Å². The molecule has 0 unspecified atom stereocenters. The number of anilines is 1. The molecule has 3 aromatic rings. The van der Waals surface area contributed by atoms with Gasteiger partial charge in [-0.3, -0.25) is 0 Å². The van der Waals surface area contributed by atoms with Crippen LogP contribution in [0.3, 0.4) is 0 Å². The summed E-state index contributed by atoms with van der Waals surface area (Å²) < 4.78 is 32.9. The average Bonchev–Trinajstić information content (AvgIpc) is 2.63. The summed E-state index contributed by atoms with van der Waals surface area (Å²) >= 11 is 0. The molecule has 0 spiro atoms. The number of hydrogen-bond acceptors (Lipinski definition) is 4. The van der Waals surface area contributed by atoms with E-state index in [0.29, 0.717) is 17.0 Å². The Morgan fingerprint density at radius 3 is 2.40 bits per heavy atom. The molecule has 0 aliphatic carbocycles. The summed E-state index contributed by atoms with van der Waals surface area (Å²) in [5.41, 5.74) is 7.18. The minimum atomic E-state index is -0.649. The van der Waals surface area contributed by atoms with Crippen molar-refractivity contribution in [2.24, 2.45) is 0 Å². The van der Waals surface area contributed by atoms with Crippen LogP contribution in [0.25, 0.3) is 22.4 Å². The molecule has 3 rings (SSSR count). The van der Waals surface area contributed by atoms with Crippen LogP contribution >= 0.6 is 0 Å². The molecule has 0 saturated carbocycles. The monoisotopic (exact) mass is 337 g/mol. The van der Waals surface area contributed by atoms with Gasteiger partial charge in [0, 0.05) is 16.7 Å². The van der Waals surface area contributed by atoms with E-state index in [-0.39, 0.29) is 22.5 Å². The van der Waals surface area contributed by atoms with Gasteiger partial charge in [-0.15, -0.1) is 0 Å². The van der Waals surface area contributed by atoms with Gasteiger partial charge in [0.05, 0.1) is 12.8 Å². The summed E-state index contributed by atoms with van der Waals surface area (Å²) in [5.74, 6) is -0.637. The van der Waals surface area contributed by atoms with Gasteiger partial charge in [0.25, 0.3) is 0 Å². The second-order valence-corrected chi connectivity index (χ2v) is 5.28. The lowest BCUT2D eigenvalue weighted by atomic mass is 9.98. The maximum absolute atomic E-state index is 14.2. The molecule has 1 aromatic heterocycles. The summed E-state index contributed by atoms with van der Waals surface area (Å²) in [5, 5.41) is 9.35. The highest BCUT2D eigenvalue weighted by atomic mass is 19.1. The maximum atomic E-state index is 14.2. The SMILES string of the molecule is COc1ccc(-c2cc(-c3cc(F)ccc3F)c(C#N)c(N)n2)cc1. The van der Waals surface area contributed by atoms with Crippen molar-refractivity contribution in [2.75, 3.05) is 12.8 Å². The van der Waals surface area contributed by atoms with E-state index < -0.39 is 11.6 Å². The standard InChI is InChI=1S/C19H13F2N3O/c1-25-13-5-2-11(3-6-13)18-9-14(16(10-22)19(23)24-18)15-8-12(20)4-7-17(15)21/h2-9H,1H3,(H2,23,24). The highest BCUT2D eigenvalue weighted by molar-refractivity contribution is 5.80. The first kappa shape index (κ1) is 16.4. The van der Waals surface area contributed by atoms with Gasteiger partial charge in [-0.1, -0.05) is 0 Å². The largest absolute Gasteiger partial charge is 0.497 e. The average molecular weight is 337 g/mol.